The van der Waals surface area contributed by atoms with Crippen LogP contribution in [0.1, 0.15) is 0 Å². The van der Waals surface area contributed by atoms with Crippen LogP contribution in [0.25, 0.3) is 31.3 Å². The van der Waals surface area contributed by atoms with Gasteiger partial charge < -0.3 is 14.2 Å². The van der Waals surface area contributed by atoms with E-state index in [9.17, 15) is 0 Å². The summed E-state index contributed by atoms with van der Waals surface area (Å²) in [6.45, 7) is 1.98. The topological polar surface area (TPSA) is 174 Å². The highest BCUT2D eigenvalue weighted by Gasteiger charge is 2.09. The van der Waals surface area contributed by atoms with E-state index in [0.29, 0.717) is 0 Å². The summed E-state index contributed by atoms with van der Waals surface area (Å²) in [5, 5.41) is 10.0. The van der Waals surface area contributed by atoms with E-state index in [1.165, 1.54) is 0 Å². The fourth-order valence-corrected chi connectivity index (χ4v) is 1.18. The number of nitrogens with zero attached hydrogens (tertiary/aromatic N) is 9. The molecule has 0 aromatic carbocycles. The second-order valence-corrected chi connectivity index (χ2v) is 3.51. The van der Waals surface area contributed by atoms with Gasteiger partial charge in [-0.05, 0) is 16.6 Å². The summed E-state index contributed by atoms with van der Waals surface area (Å²) < 4.78 is 16.0. The summed E-state index contributed by atoms with van der Waals surface area (Å²) in [6.07, 6.45) is -0.351. The number of ether oxygens (including phenoxy) is 3. The minimum Gasteiger partial charge on any atom is -0.379 e. The van der Waals surface area contributed by atoms with Crippen molar-refractivity contribution < 1.29 is 14.2 Å². The normalized spacial score (nSPS) is 10.9. The molecule has 0 aromatic rings. The highest BCUT2D eigenvalue weighted by molar-refractivity contribution is 4.58. The molecule has 0 spiro atoms. The van der Waals surface area contributed by atoms with Crippen LogP contribution in [0.5, 0.6) is 0 Å². The van der Waals surface area contributed by atoms with E-state index in [4.69, 9.17) is 30.8 Å². The van der Waals surface area contributed by atoms with Gasteiger partial charge in [-0.3, -0.25) is 0 Å². The van der Waals surface area contributed by atoms with Crippen molar-refractivity contribution in [3.63, 3.8) is 0 Å². The molecule has 0 saturated carbocycles. The Kier molecular flexibility index (Phi) is 14.2. The lowest BCUT2D eigenvalue weighted by Gasteiger charge is -2.17. The Hall–Kier alpha value is -2.19. The number of azide groups is 3. The average Bonchev–Trinajstić information content (AvgIpc) is 2.50. The molecule has 116 valence electrons. The predicted octanol–water partition coefficient (Wildman–Crippen LogP) is 2.34. The SMILES string of the molecule is [N-]=[N+]=NCCOCC(COCCN=[N+]=[N-])OCCN=[N+]=[N-]. The smallest absolute Gasteiger partial charge is 0.104 e. The van der Waals surface area contributed by atoms with Crippen LogP contribution in [0, 0.1) is 0 Å². The molecule has 0 heterocycles. The van der Waals surface area contributed by atoms with Crippen LogP contribution in [-0.4, -0.2) is 58.8 Å². The Labute approximate surface area is 120 Å². The minimum absolute atomic E-state index is 0.213. The zero-order chi connectivity index (χ0) is 15.6. The van der Waals surface area contributed by atoms with Gasteiger partial charge in [-0.1, -0.05) is 15.3 Å². The molecule has 0 aliphatic heterocycles. The predicted molar refractivity (Wildman–Crippen MR) is 73.4 cm³/mol. The summed E-state index contributed by atoms with van der Waals surface area (Å²) >= 11 is 0. The van der Waals surface area contributed by atoms with Crippen molar-refractivity contribution in [2.45, 2.75) is 6.10 Å². The molecular formula is C9H17N9O3. The van der Waals surface area contributed by atoms with Gasteiger partial charge >= 0.3 is 0 Å². The number of hydrogen-bond acceptors (Lipinski definition) is 6. The minimum atomic E-state index is -0.351. The Morgan fingerprint density at radius 3 is 1.57 bits per heavy atom. The van der Waals surface area contributed by atoms with Gasteiger partial charge in [-0.2, -0.15) is 0 Å². The molecule has 12 heteroatoms. The maximum Gasteiger partial charge on any atom is 0.104 e. The molecule has 0 aliphatic rings. The molecule has 0 amide bonds. The van der Waals surface area contributed by atoms with Gasteiger partial charge in [0.2, 0.25) is 0 Å². The molecule has 0 N–H and O–H groups in total. The van der Waals surface area contributed by atoms with Gasteiger partial charge in [0.1, 0.15) is 6.10 Å². The van der Waals surface area contributed by atoms with Gasteiger partial charge in [0, 0.05) is 34.4 Å². The second kappa shape index (κ2) is 15.9. The van der Waals surface area contributed by atoms with Crippen LogP contribution in [0.15, 0.2) is 15.3 Å². The van der Waals surface area contributed by atoms with E-state index in [0.717, 1.165) is 0 Å². The highest BCUT2D eigenvalue weighted by atomic mass is 16.6. The summed E-state index contributed by atoms with van der Waals surface area (Å²) in [4.78, 5) is 7.82. The van der Waals surface area contributed by atoms with Crippen LogP contribution < -0.4 is 0 Å². The van der Waals surface area contributed by atoms with Gasteiger partial charge in [0.25, 0.3) is 0 Å². The van der Waals surface area contributed by atoms with Crippen molar-refractivity contribution >= 4 is 0 Å². The highest BCUT2D eigenvalue weighted by Crippen LogP contribution is 1.97. The molecule has 12 nitrogen and oxygen atoms in total. The monoisotopic (exact) mass is 299 g/mol. The second-order valence-electron chi connectivity index (χ2n) is 3.51. The number of rotatable bonds is 14. The van der Waals surface area contributed by atoms with Crippen molar-refractivity contribution in [3.05, 3.63) is 31.3 Å². The van der Waals surface area contributed by atoms with Gasteiger partial charge in [-0.25, -0.2) is 0 Å². The first-order valence-electron chi connectivity index (χ1n) is 6.14. The third kappa shape index (κ3) is 14.0. The molecule has 0 atom stereocenters. The van der Waals surface area contributed by atoms with Crippen molar-refractivity contribution in [2.24, 2.45) is 15.3 Å². The first-order chi connectivity index (χ1) is 10.3. The van der Waals surface area contributed by atoms with Crippen LogP contribution in [0.2, 0.25) is 0 Å². The summed E-state index contributed by atoms with van der Waals surface area (Å²) in [7, 11) is 0. The van der Waals surface area contributed by atoms with Crippen molar-refractivity contribution in [1.82, 2.24) is 0 Å². The Balaban J connectivity index is 3.91. The fourth-order valence-electron chi connectivity index (χ4n) is 1.18. The van der Waals surface area contributed by atoms with Crippen molar-refractivity contribution in [3.8, 4) is 0 Å². The van der Waals surface area contributed by atoms with Crippen molar-refractivity contribution in [1.29, 1.82) is 0 Å². The number of hydrogen-bond donors (Lipinski definition) is 0. The zero-order valence-corrected chi connectivity index (χ0v) is 11.5. The zero-order valence-electron chi connectivity index (χ0n) is 11.5. The summed E-state index contributed by atoms with van der Waals surface area (Å²) in [6, 6.07) is 0. The lowest BCUT2D eigenvalue weighted by Crippen LogP contribution is -2.27. The molecule has 0 aliphatic carbocycles. The van der Waals surface area contributed by atoms with Crippen molar-refractivity contribution in [2.75, 3.05) is 52.7 Å². The molecule has 0 rings (SSSR count). The van der Waals surface area contributed by atoms with Gasteiger partial charge in [0.05, 0.1) is 33.0 Å². The van der Waals surface area contributed by atoms with Gasteiger partial charge in [-0.15, -0.1) is 0 Å². The van der Waals surface area contributed by atoms with Crippen LogP contribution >= 0.6 is 0 Å². The van der Waals surface area contributed by atoms with E-state index in [1.54, 1.807) is 0 Å². The summed E-state index contributed by atoms with van der Waals surface area (Å²) in [5.74, 6) is 0. The third-order valence-electron chi connectivity index (χ3n) is 2.01. The lowest BCUT2D eigenvalue weighted by molar-refractivity contribution is -0.0553. The molecule has 0 fully saturated rings. The first-order valence-corrected chi connectivity index (χ1v) is 6.14. The molecular weight excluding hydrogens is 282 g/mol. The third-order valence-corrected chi connectivity index (χ3v) is 2.01. The van der Waals surface area contributed by atoms with Crippen LogP contribution in [0.4, 0.5) is 0 Å². The lowest BCUT2D eigenvalue weighted by atomic mass is 10.4. The maximum absolute atomic E-state index is 8.15. The molecule has 0 bridgehead atoms. The standard InChI is InChI=1S/C9H17N9O3/c10-16-13-1-4-19-7-9(21-6-3-15-18-12)8-20-5-2-14-17-11/h9H,1-8H2. The quantitative estimate of drug-likeness (QED) is 0.207. The van der Waals surface area contributed by atoms with E-state index >= 15 is 0 Å². The largest absolute Gasteiger partial charge is 0.379 e. The van der Waals surface area contributed by atoms with E-state index in [1.807, 2.05) is 0 Å². The van der Waals surface area contributed by atoms with E-state index < -0.39 is 0 Å². The molecule has 0 aromatic heterocycles. The first kappa shape index (κ1) is 18.8. The average molecular weight is 299 g/mol. The van der Waals surface area contributed by atoms with E-state index in [-0.39, 0.29) is 58.8 Å². The van der Waals surface area contributed by atoms with Crippen LogP contribution in [-0.2, 0) is 14.2 Å². The Morgan fingerprint density at radius 1 is 0.714 bits per heavy atom. The maximum atomic E-state index is 8.15. The van der Waals surface area contributed by atoms with Gasteiger partial charge in [0.15, 0.2) is 0 Å². The van der Waals surface area contributed by atoms with Crippen LogP contribution in [0.3, 0.4) is 0 Å². The molecule has 0 radical (unpaired) electrons. The fraction of sp³-hybridized carbons (Fsp3) is 1.00. The summed E-state index contributed by atoms with van der Waals surface area (Å²) in [5.41, 5.74) is 24.4. The Bertz CT molecular complexity index is 373. The molecule has 0 unspecified atom stereocenters. The Morgan fingerprint density at radius 2 is 1.14 bits per heavy atom. The molecule has 0 saturated heterocycles. The van der Waals surface area contributed by atoms with E-state index in [2.05, 4.69) is 30.1 Å². The molecule has 21 heavy (non-hydrogen) atoms.